The minimum Gasteiger partial charge on any atom is -0.337 e. The molecule has 4 aromatic rings. The number of carbonyl (C=O) groups excluding carboxylic acids is 1. The van der Waals surface area contributed by atoms with E-state index < -0.39 is 0 Å². The molecule has 0 aliphatic carbocycles. The van der Waals surface area contributed by atoms with Gasteiger partial charge in [-0.1, -0.05) is 12.1 Å². The van der Waals surface area contributed by atoms with E-state index in [0.717, 1.165) is 36.4 Å². The predicted octanol–water partition coefficient (Wildman–Crippen LogP) is 2.09. The third-order valence-electron chi connectivity index (χ3n) is 5.62. The Morgan fingerprint density at radius 1 is 1.06 bits per heavy atom. The van der Waals surface area contributed by atoms with E-state index in [1.165, 1.54) is 0 Å². The minimum atomic E-state index is 0.0179. The summed E-state index contributed by atoms with van der Waals surface area (Å²) in [7, 11) is 0. The molecule has 1 amide bonds. The Hall–Kier alpha value is -4.10. The third kappa shape index (κ3) is 3.81. The highest BCUT2D eigenvalue weighted by Gasteiger charge is 2.22. The van der Waals surface area contributed by atoms with Crippen LogP contribution < -0.4 is 5.32 Å². The first kappa shape index (κ1) is 19.8. The number of anilines is 2. The van der Waals surface area contributed by atoms with Gasteiger partial charge in [-0.25, -0.2) is 4.98 Å². The lowest BCUT2D eigenvalue weighted by molar-refractivity contribution is 0.0640. The normalized spacial score (nSPS) is 14.5. The highest BCUT2D eigenvalue weighted by atomic mass is 16.2. The van der Waals surface area contributed by atoms with E-state index in [0.29, 0.717) is 36.5 Å². The number of nitriles is 1. The summed E-state index contributed by atoms with van der Waals surface area (Å²) in [5.41, 5.74) is 3.55. The molecule has 1 aliphatic heterocycles. The molecule has 0 bridgehead atoms. The summed E-state index contributed by atoms with van der Waals surface area (Å²) in [6, 6.07) is 17.2. The zero-order chi connectivity index (χ0) is 21.9. The molecule has 0 spiro atoms. The van der Waals surface area contributed by atoms with Gasteiger partial charge < -0.3 is 10.2 Å². The van der Waals surface area contributed by atoms with Gasteiger partial charge in [-0.3, -0.25) is 9.69 Å². The van der Waals surface area contributed by atoms with Gasteiger partial charge in [0.25, 0.3) is 5.91 Å². The fourth-order valence-electron chi connectivity index (χ4n) is 3.89. The number of para-hydroxylation sites is 2. The average Bonchev–Trinajstić information content (AvgIpc) is 3.34. The minimum absolute atomic E-state index is 0.0179. The summed E-state index contributed by atoms with van der Waals surface area (Å²) in [6.07, 6.45) is 0.519. The van der Waals surface area contributed by atoms with E-state index >= 15 is 0 Å². The fourth-order valence-corrected chi connectivity index (χ4v) is 3.89. The van der Waals surface area contributed by atoms with E-state index in [4.69, 9.17) is 5.26 Å². The maximum absolute atomic E-state index is 12.9. The Morgan fingerprint density at radius 3 is 2.62 bits per heavy atom. The van der Waals surface area contributed by atoms with Crippen LogP contribution in [0, 0.1) is 11.3 Å². The van der Waals surface area contributed by atoms with Crippen molar-refractivity contribution in [1.29, 1.82) is 5.26 Å². The largest absolute Gasteiger partial charge is 0.337 e. The van der Waals surface area contributed by atoms with Crippen LogP contribution >= 0.6 is 0 Å². The summed E-state index contributed by atoms with van der Waals surface area (Å²) in [4.78, 5) is 21.6. The Morgan fingerprint density at radius 2 is 1.84 bits per heavy atom. The number of piperazine rings is 1. The predicted molar refractivity (Wildman–Crippen MR) is 118 cm³/mol. The second kappa shape index (κ2) is 8.56. The van der Waals surface area contributed by atoms with E-state index in [1.807, 2.05) is 53.4 Å². The van der Waals surface area contributed by atoms with Crippen LogP contribution in [0.3, 0.4) is 0 Å². The molecule has 32 heavy (non-hydrogen) atoms. The van der Waals surface area contributed by atoms with Crippen molar-refractivity contribution in [3.63, 3.8) is 0 Å². The molecule has 1 fully saturated rings. The first-order chi connectivity index (χ1) is 15.7. The van der Waals surface area contributed by atoms with Crippen molar-refractivity contribution in [1.82, 2.24) is 34.8 Å². The number of nitrogens with one attached hydrogen (secondary N) is 1. The topological polar surface area (TPSA) is 115 Å². The smallest absolute Gasteiger partial charge is 0.253 e. The Labute approximate surface area is 184 Å². The highest BCUT2D eigenvalue weighted by molar-refractivity contribution is 5.95. The van der Waals surface area contributed by atoms with Crippen LogP contribution in [0.4, 0.5) is 11.5 Å². The molecular formula is C22H21N9O. The van der Waals surface area contributed by atoms with Gasteiger partial charge in [0.2, 0.25) is 5.65 Å². The van der Waals surface area contributed by atoms with E-state index in [-0.39, 0.29) is 5.91 Å². The molecule has 5 rings (SSSR count). The fraction of sp³-hybridized carbons (Fsp3) is 0.273. The molecule has 3 heterocycles. The van der Waals surface area contributed by atoms with Crippen molar-refractivity contribution in [3.05, 3.63) is 54.1 Å². The monoisotopic (exact) mass is 427 g/mol. The van der Waals surface area contributed by atoms with Gasteiger partial charge in [-0.05, 0) is 46.8 Å². The molecule has 10 nitrogen and oxygen atoms in total. The number of nitrogens with zero attached hydrogens (tertiary/aromatic N) is 8. The van der Waals surface area contributed by atoms with E-state index in [9.17, 15) is 4.79 Å². The number of aromatic nitrogens is 5. The summed E-state index contributed by atoms with van der Waals surface area (Å²) >= 11 is 0. The Balaban J connectivity index is 1.30. The molecule has 10 heteroatoms. The Bertz CT molecular complexity index is 1300. The van der Waals surface area contributed by atoms with Crippen molar-refractivity contribution < 1.29 is 4.79 Å². The number of hydrogen-bond donors (Lipinski definition) is 1. The SMILES string of the molecule is N#CCCN1CCN(C(=O)c2ccc(Nc3nc4ccccc4n4nnnc34)cc2)CC1. The van der Waals surface area contributed by atoms with Gasteiger partial charge in [0.1, 0.15) is 0 Å². The maximum Gasteiger partial charge on any atom is 0.253 e. The quantitative estimate of drug-likeness (QED) is 0.515. The zero-order valence-corrected chi connectivity index (χ0v) is 17.3. The molecule has 0 saturated carbocycles. The summed E-state index contributed by atoms with van der Waals surface area (Å²) in [5.74, 6) is 0.561. The first-order valence-corrected chi connectivity index (χ1v) is 10.5. The van der Waals surface area contributed by atoms with Crippen molar-refractivity contribution in [2.24, 2.45) is 0 Å². The van der Waals surface area contributed by atoms with E-state index in [1.54, 1.807) is 4.52 Å². The lowest BCUT2D eigenvalue weighted by Crippen LogP contribution is -2.48. The molecule has 0 radical (unpaired) electrons. The van der Waals surface area contributed by atoms with Gasteiger partial charge in [0.15, 0.2) is 5.82 Å². The molecule has 1 aliphatic rings. The number of rotatable bonds is 5. The number of benzene rings is 2. The van der Waals surface area contributed by atoms with Crippen LogP contribution in [0.5, 0.6) is 0 Å². The van der Waals surface area contributed by atoms with Gasteiger partial charge in [0, 0.05) is 50.4 Å². The van der Waals surface area contributed by atoms with Gasteiger partial charge in [0.05, 0.1) is 17.1 Å². The third-order valence-corrected chi connectivity index (χ3v) is 5.62. The zero-order valence-electron chi connectivity index (χ0n) is 17.3. The lowest BCUT2D eigenvalue weighted by Gasteiger charge is -2.34. The molecule has 0 unspecified atom stereocenters. The second-order valence-electron chi connectivity index (χ2n) is 7.61. The molecular weight excluding hydrogens is 406 g/mol. The van der Waals surface area contributed by atoms with Crippen molar-refractivity contribution in [3.8, 4) is 6.07 Å². The van der Waals surface area contributed by atoms with E-state index in [2.05, 4.69) is 36.8 Å². The van der Waals surface area contributed by atoms with Crippen molar-refractivity contribution >= 4 is 34.1 Å². The number of fused-ring (bicyclic) bond motifs is 3. The average molecular weight is 427 g/mol. The number of carbonyl (C=O) groups is 1. The first-order valence-electron chi connectivity index (χ1n) is 10.5. The molecule has 0 atom stereocenters. The number of tetrazole rings is 1. The van der Waals surface area contributed by atoms with Gasteiger partial charge >= 0.3 is 0 Å². The Kier molecular flexibility index (Phi) is 5.31. The molecule has 160 valence electrons. The van der Waals surface area contributed by atoms with Crippen LogP contribution in [0.25, 0.3) is 16.7 Å². The lowest BCUT2D eigenvalue weighted by atomic mass is 10.1. The molecule has 2 aromatic heterocycles. The summed E-state index contributed by atoms with van der Waals surface area (Å²) in [6.45, 7) is 3.69. The van der Waals surface area contributed by atoms with Crippen LogP contribution in [-0.2, 0) is 0 Å². The van der Waals surface area contributed by atoms with Gasteiger partial charge in [-0.15, -0.1) is 5.10 Å². The van der Waals surface area contributed by atoms with Gasteiger partial charge in [-0.2, -0.15) is 9.78 Å². The highest BCUT2D eigenvalue weighted by Crippen LogP contribution is 2.23. The molecule has 1 N–H and O–H groups in total. The summed E-state index contributed by atoms with van der Waals surface area (Å²) < 4.78 is 1.65. The number of hydrogen-bond acceptors (Lipinski definition) is 8. The number of amides is 1. The maximum atomic E-state index is 12.9. The molecule has 2 aromatic carbocycles. The van der Waals surface area contributed by atoms with Crippen molar-refractivity contribution in [2.75, 3.05) is 38.0 Å². The van der Waals surface area contributed by atoms with Crippen LogP contribution in [0.1, 0.15) is 16.8 Å². The summed E-state index contributed by atoms with van der Waals surface area (Å²) in [5, 5.41) is 23.9. The van der Waals surface area contributed by atoms with Crippen molar-refractivity contribution in [2.45, 2.75) is 6.42 Å². The standard InChI is InChI=1S/C22H21N9O/c23-10-3-11-29-12-14-30(15-13-29)22(32)16-6-8-17(9-7-16)24-20-21-26-27-28-31(21)19-5-2-1-4-18(19)25-20/h1-2,4-9H,3,11-15H2,(H,24,25). The second-order valence-corrected chi connectivity index (χ2v) is 7.61. The van der Waals surface area contributed by atoms with Crippen LogP contribution in [0.2, 0.25) is 0 Å². The van der Waals surface area contributed by atoms with Crippen LogP contribution in [-0.4, -0.2) is 73.5 Å². The molecule has 1 saturated heterocycles. The van der Waals surface area contributed by atoms with Crippen LogP contribution in [0.15, 0.2) is 48.5 Å².